The third-order valence-corrected chi connectivity index (χ3v) is 1.03. The predicted octanol–water partition coefficient (Wildman–Crippen LogP) is 3.93. The van der Waals surface area contributed by atoms with E-state index in [0.717, 1.165) is 15.9 Å². The minimum absolute atomic E-state index is 0. The normalized spacial score (nSPS) is 8.59. The Hall–Kier alpha value is 0.271. The number of hydrogen-bond acceptors (Lipinski definition) is 0. The van der Waals surface area contributed by atoms with Crippen molar-refractivity contribution in [1.29, 1.82) is 0 Å². The summed E-state index contributed by atoms with van der Waals surface area (Å²) in [4.78, 5) is 2.74. The van der Waals surface area contributed by atoms with E-state index in [-0.39, 0.29) is 54.0 Å². The molecule has 0 fully saturated rings. The van der Waals surface area contributed by atoms with Crippen LogP contribution in [0.25, 0.3) is 0 Å². The summed E-state index contributed by atoms with van der Waals surface area (Å²) >= 11 is 0. The van der Waals surface area contributed by atoms with Gasteiger partial charge in [-0.15, -0.1) is 37.4 Å². The van der Waals surface area contributed by atoms with Gasteiger partial charge in [0.15, 0.2) is 0 Å². The Kier molecular flexibility index (Phi) is 53.4. The van der Waals surface area contributed by atoms with Crippen LogP contribution in [-0.4, -0.2) is 14.5 Å². The average Bonchev–Trinajstić information content (AvgIpc) is 2.85. The molecule has 0 bridgehead atoms. The molecular formula is C12H21Cl2NSiTi. The minimum Gasteiger partial charge on any atom is -0.484 e. The third kappa shape index (κ3) is 31.4. The smallest absolute Gasteiger partial charge is 0.484 e. The van der Waals surface area contributed by atoms with E-state index in [1.165, 1.54) is 0 Å². The fraction of sp³-hybridized carbons (Fsp3) is 0.250. The van der Waals surface area contributed by atoms with Crippen molar-refractivity contribution in [2.75, 3.05) is 0 Å². The van der Waals surface area contributed by atoms with Gasteiger partial charge in [0, 0.05) is 9.52 Å². The Labute approximate surface area is 136 Å². The molecule has 2 rings (SSSR count). The van der Waals surface area contributed by atoms with Gasteiger partial charge in [0.1, 0.15) is 0 Å². The maximum absolute atomic E-state index is 2.99. The van der Waals surface area contributed by atoms with Crippen LogP contribution >= 0.6 is 24.8 Å². The van der Waals surface area contributed by atoms with Gasteiger partial charge in [-0.1, -0.05) is 13.1 Å². The summed E-state index contributed by atoms with van der Waals surface area (Å²) in [5.74, 6) is 0. The van der Waals surface area contributed by atoms with Crippen molar-refractivity contribution in [3.8, 4) is 0 Å². The Morgan fingerprint density at radius 2 is 1.82 bits per heavy atom. The van der Waals surface area contributed by atoms with Crippen molar-refractivity contribution in [3.63, 3.8) is 0 Å². The Bertz CT molecular complexity index is 199. The predicted molar refractivity (Wildman–Crippen MR) is 81.0 cm³/mol. The molecule has 0 amide bonds. The van der Waals surface area contributed by atoms with Crippen molar-refractivity contribution >= 4 is 34.3 Å². The van der Waals surface area contributed by atoms with Crippen molar-refractivity contribution in [1.82, 2.24) is 4.98 Å². The zero-order chi connectivity index (χ0) is 9.78. The molecule has 1 heterocycles. The number of halogens is 2. The molecule has 0 spiro atoms. The van der Waals surface area contributed by atoms with Crippen LogP contribution in [0.5, 0.6) is 0 Å². The molecule has 1 aliphatic rings. The zero-order valence-electron chi connectivity index (χ0n) is 10.6. The van der Waals surface area contributed by atoms with E-state index in [1.54, 1.807) is 0 Å². The molecule has 1 nitrogen and oxygen atoms in total. The van der Waals surface area contributed by atoms with Crippen LogP contribution in [0.4, 0.5) is 0 Å². The summed E-state index contributed by atoms with van der Waals surface area (Å²) in [5, 5.41) is 0. The number of allylic oxidation sites excluding steroid dienone is 4. The first kappa shape index (κ1) is 30.4. The summed E-state index contributed by atoms with van der Waals surface area (Å²) in [6.45, 7) is 4.42. The van der Waals surface area contributed by atoms with E-state index in [0.29, 0.717) is 0 Å². The maximum atomic E-state index is 2.99. The molecule has 0 aliphatic heterocycles. The Morgan fingerprint density at radius 1 is 1.24 bits per heavy atom. The van der Waals surface area contributed by atoms with E-state index in [4.69, 9.17) is 0 Å². The summed E-state index contributed by atoms with van der Waals surface area (Å²) in [6, 6.07) is 3.71. The molecular weight excluding hydrogens is 305 g/mol. The molecule has 0 atom stereocenters. The van der Waals surface area contributed by atoms with Crippen molar-refractivity contribution in [2.45, 2.75) is 19.5 Å². The first-order chi connectivity index (χ1) is 6.41. The van der Waals surface area contributed by atoms with Crippen molar-refractivity contribution in [3.05, 3.63) is 56.3 Å². The molecule has 0 aromatic carbocycles. The summed E-state index contributed by atoms with van der Waals surface area (Å²) < 4.78 is 0. The number of H-pyrrole nitrogens is 1. The quantitative estimate of drug-likeness (QED) is 0.549. The second-order valence-corrected chi connectivity index (χ2v) is 3.55. The number of nitrogens with one attached hydrogen (secondary N) is 1. The fourth-order valence-corrected chi connectivity index (χ4v) is 0.581. The number of aromatic nitrogens is 1. The van der Waals surface area contributed by atoms with E-state index >= 15 is 0 Å². The second-order valence-electron chi connectivity index (χ2n) is 2.39. The fourth-order valence-electron chi connectivity index (χ4n) is 0.581. The molecule has 5 heteroatoms. The summed E-state index contributed by atoms with van der Waals surface area (Å²) in [7, 11) is 0.750. The van der Waals surface area contributed by atoms with Crippen molar-refractivity contribution < 1.29 is 21.7 Å². The first-order valence-electron chi connectivity index (χ1n) is 4.37. The van der Waals surface area contributed by atoms with Crippen LogP contribution in [0.1, 0.15) is 6.42 Å². The molecule has 1 N–H and O–H groups in total. The standard InChI is InChI=1S/C5H5.C4H4N.C2H7Si.CH3.2ClH.Ti/c2*1-2-4-5-3-1;1-3-2;;;;/h1-3H,4H2;1-3,5H;3H,1-2H3;1H3;2*1H;/q2*-1;;-1;;;+3. The average molecular weight is 326 g/mol. The Morgan fingerprint density at radius 3 is 1.94 bits per heavy atom. The van der Waals surface area contributed by atoms with Gasteiger partial charge in [0.25, 0.3) is 0 Å². The van der Waals surface area contributed by atoms with Gasteiger partial charge in [-0.05, 0) is 0 Å². The summed E-state index contributed by atoms with van der Waals surface area (Å²) in [5.41, 5.74) is 0. The van der Waals surface area contributed by atoms with E-state index < -0.39 is 0 Å². The number of rotatable bonds is 0. The molecule has 1 aromatic heterocycles. The maximum Gasteiger partial charge on any atom is 3.00 e. The van der Waals surface area contributed by atoms with E-state index in [2.05, 4.69) is 36.4 Å². The Balaban J connectivity index is -0.0000000390. The number of hydrogen-bond donors (Lipinski definition) is 1. The molecule has 1 aromatic rings. The van der Waals surface area contributed by atoms with Crippen LogP contribution in [0, 0.1) is 19.7 Å². The van der Waals surface area contributed by atoms with Gasteiger partial charge in [-0.2, -0.15) is 24.4 Å². The van der Waals surface area contributed by atoms with Gasteiger partial charge in [0.05, 0.1) is 0 Å². The SMILES string of the molecule is C[SiH]C.Cl.Cl.[C-]1=CC=CC1.[CH3-].[Ti+3].[c-]1ccc[nH]1. The van der Waals surface area contributed by atoms with E-state index in [9.17, 15) is 0 Å². The van der Waals surface area contributed by atoms with Crippen molar-refractivity contribution in [2.24, 2.45) is 0 Å². The van der Waals surface area contributed by atoms with Crippen LogP contribution in [0.15, 0.2) is 36.6 Å². The topological polar surface area (TPSA) is 15.8 Å². The molecule has 0 unspecified atom stereocenters. The molecule has 2 radical (unpaired) electrons. The molecule has 17 heavy (non-hydrogen) atoms. The van der Waals surface area contributed by atoms with Gasteiger partial charge in [-0.25, -0.2) is 12.2 Å². The van der Waals surface area contributed by atoms with Gasteiger partial charge in [-0.3, -0.25) is 6.08 Å². The summed E-state index contributed by atoms with van der Waals surface area (Å²) in [6.07, 6.45) is 14.6. The van der Waals surface area contributed by atoms with Gasteiger partial charge in [0.2, 0.25) is 0 Å². The van der Waals surface area contributed by atoms with Crippen LogP contribution in [0.3, 0.4) is 0 Å². The van der Waals surface area contributed by atoms with Crippen LogP contribution in [0.2, 0.25) is 13.1 Å². The van der Waals surface area contributed by atoms with Crippen LogP contribution < -0.4 is 0 Å². The first-order valence-corrected chi connectivity index (χ1v) is 6.68. The second kappa shape index (κ2) is 29.9. The number of aromatic amines is 1. The molecule has 1 aliphatic carbocycles. The largest absolute Gasteiger partial charge is 3.00 e. The van der Waals surface area contributed by atoms with Gasteiger partial charge >= 0.3 is 21.7 Å². The van der Waals surface area contributed by atoms with Gasteiger partial charge < -0.3 is 12.4 Å². The van der Waals surface area contributed by atoms with Crippen LogP contribution in [-0.2, 0) is 21.7 Å². The third-order valence-electron chi connectivity index (χ3n) is 1.03. The molecule has 96 valence electrons. The van der Waals surface area contributed by atoms with E-state index in [1.807, 2.05) is 30.5 Å². The molecule has 0 saturated carbocycles. The monoisotopic (exact) mass is 325 g/mol. The minimum atomic E-state index is 0. The molecule has 0 saturated heterocycles. The zero-order valence-corrected chi connectivity index (χ0v) is 14.9.